The molecular weight excluding hydrogens is 272 g/mol. The standard InChI is InChI=1S/C15H22N2O2S/c1-12(2)8-10-17-20(18,19)15-7-6-13(3)11-14(15)5-4-9-16/h6-7,11-12,17H,8-10,16H2,1-3H3. The molecule has 0 radical (unpaired) electrons. The number of sulfonamides is 1. The first-order valence-corrected chi connectivity index (χ1v) is 8.14. The zero-order valence-electron chi connectivity index (χ0n) is 12.2. The Balaban J connectivity index is 3.05. The van der Waals surface area contributed by atoms with Crippen LogP contribution in [0.1, 0.15) is 31.4 Å². The van der Waals surface area contributed by atoms with Gasteiger partial charge in [0.1, 0.15) is 0 Å². The fourth-order valence-electron chi connectivity index (χ4n) is 1.68. The van der Waals surface area contributed by atoms with Crippen LogP contribution in [0.5, 0.6) is 0 Å². The summed E-state index contributed by atoms with van der Waals surface area (Å²) in [5.74, 6) is 5.98. The Morgan fingerprint density at radius 2 is 2.05 bits per heavy atom. The van der Waals surface area contributed by atoms with E-state index in [9.17, 15) is 8.42 Å². The number of nitrogens with two attached hydrogens (primary N) is 1. The molecule has 0 bridgehead atoms. The molecule has 5 heteroatoms. The molecule has 0 aliphatic carbocycles. The maximum Gasteiger partial charge on any atom is 0.241 e. The van der Waals surface area contributed by atoms with Crippen LogP contribution in [0, 0.1) is 24.7 Å². The van der Waals surface area contributed by atoms with Crippen molar-refractivity contribution >= 4 is 10.0 Å². The maximum absolute atomic E-state index is 12.3. The van der Waals surface area contributed by atoms with E-state index in [1.165, 1.54) is 0 Å². The highest BCUT2D eigenvalue weighted by Crippen LogP contribution is 2.16. The Hall–Kier alpha value is -1.35. The molecule has 110 valence electrons. The van der Waals surface area contributed by atoms with Crippen LogP contribution < -0.4 is 10.5 Å². The summed E-state index contributed by atoms with van der Waals surface area (Å²) >= 11 is 0. The molecule has 0 saturated heterocycles. The molecule has 0 spiro atoms. The second kappa shape index (κ2) is 7.44. The summed E-state index contributed by atoms with van der Waals surface area (Å²) in [7, 11) is -3.53. The van der Waals surface area contributed by atoms with Gasteiger partial charge in [-0.25, -0.2) is 13.1 Å². The number of hydrogen-bond acceptors (Lipinski definition) is 3. The van der Waals surface area contributed by atoms with Crippen molar-refractivity contribution in [1.82, 2.24) is 4.72 Å². The van der Waals surface area contributed by atoms with E-state index in [0.717, 1.165) is 12.0 Å². The van der Waals surface area contributed by atoms with Gasteiger partial charge in [0.15, 0.2) is 0 Å². The minimum absolute atomic E-state index is 0.203. The predicted molar refractivity (Wildman–Crippen MR) is 81.8 cm³/mol. The van der Waals surface area contributed by atoms with Gasteiger partial charge >= 0.3 is 0 Å². The van der Waals surface area contributed by atoms with Gasteiger partial charge in [0, 0.05) is 12.1 Å². The molecule has 0 heterocycles. The van der Waals surface area contributed by atoms with Gasteiger partial charge in [-0.3, -0.25) is 0 Å². The van der Waals surface area contributed by atoms with Gasteiger partial charge < -0.3 is 5.73 Å². The van der Waals surface area contributed by atoms with Crippen LogP contribution in [0.15, 0.2) is 23.1 Å². The van der Waals surface area contributed by atoms with Crippen molar-refractivity contribution in [1.29, 1.82) is 0 Å². The van der Waals surface area contributed by atoms with Gasteiger partial charge in [0.05, 0.1) is 11.4 Å². The van der Waals surface area contributed by atoms with Gasteiger partial charge in [0.2, 0.25) is 10.0 Å². The number of benzene rings is 1. The fraction of sp³-hybridized carbons (Fsp3) is 0.467. The van der Waals surface area contributed by atoms with Crippen LogP contribution in [0.25, 0.3) is 0 Å². The topological polar surface area (TPSA) is 72.2 Å². The monoisotopic (exact) mass is 294 g/mol. The first kappa shape index (κ1) is 16.7. The summed E-state index contributed by atoms with van der Waals surface area (Å²) in [5, 5.41) is 0. The molecule has 0 aliphatic rings. The second-order valence-electron chi connectivity index (χ2n) is 5.09. The Kier molecular flexibility index (Phi) is 6.21. The number of rotatable bonds is 5. The van der Waals surface area contributed by atoms with E-state index in [1.807, 2.05) is 6.92 Å². The van der Waals surface area contributed by atoms with Crippen LogP contribution in [0.3, 0.4) is 0 Å². The summed E-state index contributed by atoms with van der Waals surface area (Å²) in [6.07, 6.45) is 0.800. The smallest absolute Gasteiger partial charge is 0.241 e. The molecule has 3 N–H and O–H groups in total. The van der Waals surface area contributed by atoms with Gasteiger partial charge in [-0.1, -0.05) is 31.8 Å². The molecule has 0 fully saturated rings. The molecule has 20 heavy (non-hydrogen) atoms. The summed E-state index contributed by atoms with van der Waals surface area (Å²) in [6.45, 7) is 6.64. The van der Waals surface area contributed by atoms with E-state index in [4.69, 9.17) is 5.73 Å². The van der Waals surface area contributed by atoms with E-state index in [1.54, 1.807) is 18.2 Å². The molecule has 0 amide bonds. The SMILES string of the molecule is Cc1ccc(S(=O)(=O)NCCC(C)C)c(C#CCN)c1. The molecule has 0 aliphatic heterocycles. The van der Waals surface area contributed by atoms with Crippen LogP contribution >= 0.6 is 0 Å². The summed E-state index contributed by atoms with van der Waals surface area (Å²) in [5.41, 5.74) is 6.81. The van der Waals surface area contributed by atoms with E-state index < -0.39 is 10.0 Å². The Labute approximate surface area is 121 Å². The highest BCUT2D eigenvalue weighted by Gasteiger charge is 2.17. The number of aryl methyl sites for hydroxylation is 1. The highest BCUT2D eigenvalue weighted by molar-refractivity contribution is 7.89. The van der Waals surface area contributed by atoms with Crippen molar-refractivity contribution in [2.45, 2.75) is 32.1 Å². The average molecular weight is 294 g/mol. The zero-order chi connectivity index (χ0) is 15.2. The molecule has 4 nitrogen and oxygen atoms in total. The van der Waals surface area contributed by atoms with Gasteiger partial charge in [-0.05, 0) is 37.0 Å². The highest BCUT2D eigenvalue weighted by atomic mass is 32.2. The Bertz CT molecular complexity index is 610. The third-order valence-electron chi connectivity index (χ3n) is 2.76. The van der Waals surface area contributed by atoms with Gasteiger partial charge in [-0.15, -0.1) is 0 Å². The molecule has 0 saturated carbocycles. The maximum atomic E-state index is 12.3. The van der Waals surface area contributed by atoms with Crippen LogP contribution in [-0.2, 0) is 10.0 Å². The van der Waals surface area contributed by atoms with Crippen LogP contribution in [-0.4, -0.2) is 21.5 Å². The van der Waals surface area contributed by atoms with E-state index in [2.05, 4.69) is 30.4 Å². The van der Waals surface area contributed by atoms with Crippen molar-refractivity contribution in [3.05, 3.63) is 29.3 Å². The lowest BCUT2D eigenvalue weighted by atomic mass is 10.1. The van der Waals surface area contributed by atoms with E-state index in [-0.39, 0.29) is 11.4 Å². The number of nitrogens with one attached hydrogen (secondary N) is 1. The molecule has 1 rings (SSSR count). The van der Waals surface area contributed by atoms with Gasteiger partial charge in [0.25, 0.3) is 0 Å². The van der Waals surface area contributed by atoms with Crippen LogP contribution in [0.4, 0.5) is 0 Å². The lowest BCUT2D eigenvalue weighted by Crippen LogP contribution is -2.26. The van der Waals surface area contributed by atoms with Crippen molar-refractivity contribution in [2.75, 3.05) is 13.1 Å². The summed E-state index contributed by atoms with van der Waals surface area (Å²) in [6, 6.07) is 5.12. The first-order valence-electron chi connectivity index (χ1n) is 6.66. The largest absolute Gasteiger partial charge is 0.320 e. The number of hydrogen-bond donors (Lipinski definition) is 2. The molecule has 0 aromatic heterocycles. The fourth-order valence-corrected chi connectivity index (χ4v) is 2.87. The summed E-state index contributed by atoms with van der Waals surface area (Å²) in [4.78, 5) is 0.216. The predicted octanol–water partition coefficient (Wildman–Crippen LogP) is 1.63. The Morgan fingerprint density at radius 3 is 2.65 bits per heavy atom. The minimum atomic E-state index is -3.53. The lowest BCUT2D eigenvalue weighted by Gasteiger charge is -2.10. The molecule has 0 unspecified atom stereocenters. The normalized spacial score (nSPS) is 11.2. The Morgan fingerprint density at radius 1 is 1.35 bits per heavy atom. The van der Waals surface area contributed by atoms with E-state index in [0.29, 0.717) is 18.0 Å². The average Bonchev–Trinajstić information content (AvgIpc) is 2.35. The third kappa shape index (κ3) is 4.97. The summed E-state index contributed by atoms with van der Waals surface area (Å²) < 4.78 is 27.2. The van der Waals surface area contributed by atoms with Crippen molar-refractivity contribution in [3.8, 4) is 11.8 Å². The zero-order valence-corrected chi connectivity index (χ0v) is 13.0. The quantitative estimate of drug-likeness (QED) is 0.811. The van der Waals surface area contributed by atoms with Gasteiger partial charge in [-0.2, -0.15) is 0 Å². The third-order valence-corrected chi connectivity index (χ3v) is 4.28. The first-order chi connectivity index (χ1) is 9.36. The van der Waals surface area contributed by atoms with Crippen molar-refractivity contribution < 1.29 is 8.42 Å². The molecule has 1 aromatic carbocycles. The van der Waals surface area contributed by atoms with Crippen LogP contribution in [0.2, 0.25) is 0 Å². The minimum Gasteiger partial charge on any atom is -0.320 e. The second-order valence-corrected chi connectivity index (χ2v) is 6.82. The molecular formula is C15H22N2O2S. The molecule has 1 aromatic rings. The van der Waals surface area contributed by atoms with Crippen molar-refractivity contribution in [3.63, 3.8) is 0 Å². The van der Waals surface area contributed by atoms with Crippen molar-refractivity contribution in [2.24, 2.45) is 11.7 Å². The van der Waals surface area contributed by atoms with E-state index >= 15 is 0 Å². The lowest BCUT2D eigenvalue weighted by molar-refractivity contribution is 0.551. The molecule has 0 atom stereocenters.